The lowest BCUT2D eigenvalue weighted by atomic mass is 9.85. The van der Waals surface area contributed by atoms with E-state index >= 15 is 0 Å². The van der Waals surface area contributed by atoms with Gasteiger partial charge in [-0.25, -0.2) is 4.98 Å². The largest absolute Gasteiger partial charge is 0.496 e. The van der Waals surface area contributed by atoms with E-state index in [1.807, 2.05) is 81.9 Å². The molecule has 5 aromatic rings. The molecule has 2 aliphatic rings. The predicted octanol–water partition coefficient (Wildman–Crippen LogP) is 4.06. The Bertz CT molecular complexity index is 2750. The van der Waals surface area contributed by atoms with Gasteiger partial charge in [-0.3, -0.25) is 34.0 Å². The van der Waals surface area contributed by atoms with Crippen LogP contribution >= 0.6 is 11.3 Å². The molecule has 3 amide bonds. The van der Waals surface area contributed by atoms with Crippen LogP contribution in [0.5, 0.6) is 11.5 Å². The van der Waals surface area contributed by atoms with Crippen molar-refractivity contribution in [3.05, 3.63) is 93.7 Å². The monoisotopic (exact) mass is 1080 g/mol. The molecular formula is C56H76N8O12S. The van der Waals surface area contributed by atoms with Crippen LogP contribution in [0, 0.1) is 12.3 Å². The van der Waals surface area contributed by atoms with Gasteiger partial charge in [0, 0.05) is 90.0 Å². The second-order valence-electron chi connectivity index (χ2n) is 20.3. The van der Waals surface area contributed by atoms with Crippen molar-refractivity contribution in [2.45, 2.75) is 65.4 Å². The molecule has 0 unspecified atom stereocenters. The first-order valence-electron chi connectivity index (χ1n) is 26.2. The first-order chi connectivity index (χ1) is 37.1. The van der Waals surface area contributed by atoms with Crippen LogP contribution in [0.4, 0.5) is 0 Å². The zero-order valence-corrected chi connectivity index (χ0v) is 46.4. The van der Waals surface area contributed by atoms with Crippen molar-refractivity contribution >= 4 is 39.8 Å². The summed E-state index contributed by atoms with van der Waals surface area (Å²) in [6.07, 6.45) is 4.37. The number of rotatable bonds is 28. The third-order valence-corrected chi connectivity index (χ3v) is 14.7. The minimum atomic E-state index is -0.964. The smallest absolute Gasteiger partial charge is 0.259 e. The van der Waals surface area contributed by atoms with E-state index < -0.39 is 35.4 Å². The lowest BCUT2D eigenvalue weighted by molar-refractivity contribution is -0.144. The SMILES string of the molecule is COc1cc(-c2cn(C)c(=O)c3cnccc23)cc(OC)c1CN1CCN(CCOCCOCCOCCOCCOCC(=O)N[C@H](C(=O)N2C[C@H](O)C[C@H]2C(=O)NCc2ccc(-c3scnc3C)cc2)C(C)(C)C)CC1. The number of aliphatic hydroxyl groups is 1. The van der Waals surface area contributed by atoms with E-state index in [1.165, 1.54) is 4.90 Å². The van der Waals surface area contributed by atoms with E-state index in [0.29, 0.717) is 58.2 Å². The Hall–Kier alpha value is -5.88. The highest BCUT2D eigenvalue weighted by Gasteiger charge is 2.44. The number of nitrogens with one attached hydrogen (secondary N) is 2. The van der Waals surface area contributed by atoms with Gasteiger partial charge < -0.3 is 58.4 Å². The van der Waals surface area contributed by atoms with Crippen LogP contribution in [0.3, 0.4) is 0 Å². The molecule has 7 rings (SSSR count). The van der Waals surface area contributed by atoms with Crippen LogP contribution in [0.15, 0.2) is 71.4 Å². The van der Waals surface area contributed by atoms with E-state index in [1.54, 1.807) is 49.6 Å². The Morgan fingerprint density at radius 1 is 0.818 bits per heavy atom. The summed E-state index contributed by atoms with van der Waals surface area (Å²) in [5, 5.41) is 17.7. The number of β-amino-alcohol motifs (C(OH)–C–C–N with tert-alkyl or cyclic N) is 1. The van der Waals surface area contributed by atoms with Crippen molar-refractivity contribution in [1.29, 1.82) is 0 Å². The molecule has 3 aromatic heterocycles. The van der Waals surface area contributed by atoms with Gasteiger partial charge in [-0.15, -0.1) is 11.3 Å². The average Bonchev–Trinajstić information content (AvgIpc) is 4.07. The fourth-order valence-corrected chi connectivity index (χ4v) is 10.3. The van der Waals surface area contributed by atoms with Crippen molar-refractivity contribution in [3.8, 4) is 33.1 Å². The number of carbonyl (C=O) groups excluding carboxylic acids is 3. The summed E-state index contributed by atoms with van der Waals surface area (Å²) >= 11 is 1.57. The highest BCUT2D eigenvalue weighted by atomic mass is 32.1. The molecule has 77 heavy (non-hydrogen) atoms. The summed E-state index contributed by atoms with van der Waals surface area (Å²) in [4.78, 5) is 68.9. The summed E-state index contributed by atoms with van der Waals surface area (Å²) in [6, 6.07) is 11.9. The van der Waals surface area contributed by atoms with E-state index in [2.05, 4.69) is 30.4 Å². The number of nitrogens with zero attached hydrogens (tertiary/aromatic N) is 6. The van der Waals surface area contributed by atoms with E-state index in [0.717, 1.165) is 88.0 Å². The molecule has 3 atom stereocenters. The molecule has 418 valence electrons. The number of fused-ring (bicyclic) bond motifs is 1. The number of thiazole rings is 1. The zero-order valence-electron chi connectivity index (χ0n) is 45.5. The molecule has 0 bridgehead atoms. The molecular weight excluding hydrogens is 1010 g/mol. The number of ether oxygens (including phenoxy) is 7. The van der Waals surface area contributed by atoms with Crippen LogP contribution in [0.25, 0.3) is 32.3 Å². The standard InChI is InChI=1S/C56H76N8O12S/c1-38-51(77-37-59-38)40-10-8-39(9-11-40)31-58-53(67)47-30-42(65)33-64(47)55(69)52(56(2,3)4)60-50(66)36-76-27-26-75-25-24-74-23-22-73-21-20-72-19-18-62-14-16-63(17-15-62)35-46-48(70-6)28-41(29-49(46)71-7)45-34-61(5)54(68)44-32-57-13-12-43(44)45/h8-13,28-29,32,34,37,42,47,52,65H,14-27,30-31,33,35-36H2,1-7H3,(H,58,67)(H,60,66)/t42-,47+,52-/m1/s1. The van der Waals surface area contributed by atoms with E-state index in [4.69, 9.17) is 33.2 Å². The minimum absolute atomic E-state index is 0.0158. The number of hydrogen-bond donors (Lipinski definition) is 3. The fraction of sp³-hybridized carbons (Fsp3) is 0.536. The first-order valence-corrected chi connectivity index (χ1v) is 27.1. The van der Waals surface area contributed by atoms with E-state index in [9.17, 15) is 24.3 Å². The number of hydrogen-bond acceptors (Lipinski definition) is 17. The maximum atomic E-state index is 13.9. The van der Waals surface area contributed by atoms with Gasteiger partial charge in [0.15, 0.2) is 0 Å². The number of amides is 3. The third kappa shape index (κ3) is 16.3. The molecule has 21 heteroatoms. The van der Waals surface area contributed by atoms with Crippen molar-refractivity contribution in [1.82, 2.24) is 39.9 Å². The number of piperazine rings is 1. The van der Waals surface area contributed by atoms with Gasteiger partial charge in [-0.1, -0.05) is 45.0 Å². The number of carbonyl (C=O) groups is 3. The number of aryl methyl sites for hydroxylation is 2. The van der Waals surface area contributed by atoms with E-state index in [-0.39, 0.29) is 50.8 Å². The first kappa shape index (κ1) is 58.8. The van der Waals surface area contributed by atoms with Crippen molar-refractivity contribution in [2.24, 2.45) is 12.5 Å². The van der Waals surface area contributed by atoms with Crippen molar-refractivity contribution in [2.75, 3.05) is 120 Å². The van der Waals surface area contributed by atoms with Gasteiger partial charge in [0.25, 0.3) is 5.56 Å². The van der Waals surface area contributed by atoms with Crippen LogP contribution in [-0.4, -0.2) is 190 Å². The van der Waals surface area contributed by atoms with Crippen LogP contribution in [-0.2, 0) is 58.2 Å². The van der Waals surface area contributed by atoms with Crippen molar-refractivity contribution < 1.29 is 52.6 Å². The Balaban J connectivity index is 0.697. The Morgan fingerprint density at radius 2 is 1.43 bits per heavy atom. The summed E-state index contributed by atoms with van der Waals surface area (Å²) < 4.78 is 41.6. The van der Waals surface area contributed by atoms with Gasteiger partial charge >= 0.3 is 0 Å². The summed E-state index contributed by atoms with van der Waals surface area (Å²) in [5.41, 5.74) is 6.69. The molecule has 2 saturated heterocycles. The number of likely N-dealkylation sites (tertiary alicyclic amines) is 1. The zero-order chi connectivity index (χ0) is 54.9. The molecule has 0 saturated carbocycles. The maximum absolute atomic E-state index is 13.9. The molecule has 3 N–H and O–H groups in total. The fourth-order valence-electron chi connectivity index (χ4n) is 9.45. The normalized spacial score (nSPS) is 16.7. The van der Waals surface area contributed by atoms with Gasteiger partial charge in [0.05, 0.1) is 107 Å². The molecule has 2 aromatic carbocycles. The van der Waals surface area contributed by atoms with Crippen LogP contribution in [0.2, 0.25) is 0 Å². The molecule has 2 fully saturated rings. The summed E-state index contributed by atoms with van der Waals surface area (Å²) in [5.74, 6) is 0.172. The number of methoxy groups -OCH3 is 2. The molecule has 2 aliphatic heterocycles. The van der Waals surface area contributed by atoms with Crippen molar-refractivity contribution in [3.63, 3.8) is 0 Å². The lowest BCUT2D eigenvalue weighted by Crippen LogP contribution is -2.58. The Labute approximate surface area is 454 Å². The average molecular weight is 1090 g/mol. The molecule has 0 aliphatic carbocycles. The predicted molar refractivity (Wildman–Crippen MR) is 293 cm³/mol. The minimum Gasteiger partial charge on any atom is -0.496 e. The maximum Gasteiger partial charge on any atom is 0.259 e. The highest BCUT2D eigenvalue weighted by Crippen LogP contribution is 2.38. The molecule has 0 radical (unpaired) electrons. The Kier molecular flexibility index (Phi) is 21.9. The van der Waals surface area contributed by atoms with Gasteiger partial charge in [-0.05, 0) is 52.6 Å². The van der Waals surface area contributed by atoms with Crippen LogP contribution in [0.1, 0.15) is 44.0 Å². The van der Waals surface area contributed by atoms with Gasteiger partial charge in [0.1, 0.15) is 30.2 Å². The molecule has 20 nitrogen and oxygen atoms in total. The second-order valence-corrected chi connectivity index (χ2v) is 21.2. The number of pyridine rings is 2. The second kappa shape index (κ2) is 28.7. The summed E-state index contributed by atoms with van der Waals surface area (Å²) in [6.45, 7) is 16.1. The quantitative estimate of drug-likeness (QED) is 0.0602. The van der Waals surface area contributed by atoms with Gasteiger partial charge in [0.2, 0.25) is 17.7 Å². The third-order valence-electron chi connectivity index (χ3n) is 13.7. The van der Waals surface area contributed by atoms with Gasteiger partial charge in [-0.2, -0.15) is 0 Å². The topological polar surface area (TPSA) is 218 Å². The number of benzene rings is 2. The molecule has 5 heterocycles. The lowest BCUT2D eigenvalue weighted by Gasteiger charge is -2.35. The Morgan fingerprint density at radius 3 is 2.03 bits per heavy atom. The number of aliphatic hydroxyl groups excluding tert-OH is 1. The molecule has 0 spiro atoms. The summed E-state index contributed by atoms with van der Waals surface area (Å²) in [7, 11) is 5.08. The highest BCUT2D eigenvalue weighted by molar-refractivity contribution is 7.13. The van der Waals surface area contributed by atoms with Crippen LogP contribution < -0.4 is 25.7 Å². The number of aromatic nitrogens is 3.